The van der Waals surface area contributed by atoms with Crippen LogP contribution in [0.1, 0.15) is 43.5 Å². The van der Waals surface area contributed by atoms with Gasteiger partial charge in [-0.3, -0.25) is 14.7 Å². The van der Waals surface area contributed by atoms with E-state index in [1.54, 1.807) is 16.7 Å². The van der Waals surface area contributed by atoms with E-state index in [-0.39, 0.29) is 29.5 Å². The number of guanidine groups is 1. The molecule has 2 N–H and O–H groups in total. The van der Waals surface area contributed by atoms with Crippen LogP contribution in [0.2, 0.25) is 0 Å². The molecule has 1 atom stereocenters. The van der Waals surface area contributed by atoms with Gasteiger partial charge in [-0.2, -0.15) is 0 Å². The van der Waals surface area contributed by atoms with Crippen molar-refractivity contribution in [2.24, 2.45) is 4.99 Å². The molecule has 2 aromatic heterocycles. The molecule has 8 heteroatoms. The van der Waals surface area contributed by atoms with Crippen molar-refractivity contribution in [3.05, 3.63) is 57.1 Å². The molecular weight excluding hydrogens is 509 g/mol. The lowest BCUT2D eigenvalue weighted by Gasteiger charge is -2.25. The van der Waals surface area contributed by atoms with Gasteiger partial charge in [0, 0.05) is 36.8 Å². The van der Waals surface area contributed by atoms with E-state index in [0.29, 0.717) is 6.04 Å². The van der Waals surface area contributed by atoms with Crippen LogP contribution < -0.4 is 16.2 Å². The SMILES string of the molecule is CCNC(=NCC(c1cccs1)N1CCCC1)NCCCCn1ccccc1=O.I. The van der Waals surface area contributed by atoms with Crippen molar-refractivity contribution in [1.82, 2.24) is 20.1 Å². The molecule has 1 aliphatic rings. The molecule has 0 amide bonds. The first kappa shape index (κ1) is 24.9. The summed E-state index contributed by atoms with van der Waals surface area (Å²) in [5.41, 5.74) is 0.0666. The van der Waals surface area contributed by atoms with E-state index in [9.17, 15) is 4.79 Å². The van der Waals surface area contributed by atoms with Gasteiger partial charge < -0.3 is 15.2 Å². The monoisotopic (exact) mass is 543 g/mol. The topological polar surface area (TPSA) is 61.7 Å². The molecule has 6 nitrogen and oxygen atoms in total. The second kappa shape index (κ2) is 13.8. The van der Waals surface area contributed by atoms with Crippen molar-refractivity contribution in [2.75, 3.05) is 32.7 Å². The van der Waals surface area contributed by atoms with Crippen molar-refractivity contribution in [2.45, 2.75) is 45.2 Å². The van der Waals surface area contributed by atoms with Gasteiger partial charge in [0.05, 0.1) is 12.6 Å². The molecule has 1 aliphatic heterocycles. The first-order valence-electron chi connectivity index (χ1n) is 10.7. The molecule has 1 saturated heterocycles. The normalized spacial score (nSPS) is 15.6. The summed E-state index contributed by atoms with van der Waals surface area (Å²) in [7, 11) is 0. The summed E-state index contributed by atoms with van der Waals surface area (Å²) in [5, 5.41) is 8.97. The third-order valence-electron chi connectivity index (χ3n) is 5.24. The minimum atomic E-state index is 0. The average molecular weight is 544 g/mol. The summed E-state index contributed by atoms with van der Waals surface area (Å²) >= 11 is 1.83. The van der Waals surface area contributed by atoms with E-state index >= 15 is 0 Å². The van der Waals surface area contributed by atoms with Crippen LogP contribution in [0.15, 0.2) is 51.7 Å². The van der Waals surface area contributed by atoms with Crippen molar-refractivity contribution < 1.29 is 0 Å². The third kappa shape index (κ3) is 7.70. The lowest BCUT2D eigenvalue weighted by molar-refractivity contribution is 0.255. The van der Waals surface area contributed by atoms with Gasteiger partial charge in [0.25, 0.3) is 0 Å². The lowest BCUT2D eigenvalue weighted by Crippen LogP contribution is -2.39. The predicted octanol–water partition coefficient (Wildman–Crippen LogP) is 3.70. The van der Waals surface area contributed by atoms with Crippen LogP contribution >= 0.6 is 35.3 Å². The fraction of sp³-hybridized carbons (Fsp3) is 0.545. The van der Waals surface area contributed by atoms with Crippen molar-refractivity contribution in [3.8, 4) is 0 Å². The summed E-state index contributed by atoms with van der Waals surface area (Å²) < 4.78 is 1.76. The van der Waals surface area contributed by atoms with Crippen LogP contribution in [0.4, 0.5) is 0 Å². The van der Waals surface area contributed by atoms with Crippen LogP contribution in [0.3, 0.4) is 0 Å². The Morgan fingerprint density at radius 3 is 2.70 bits per heavy atom. The number of aryl methyl sites for hydroxylation is 1. The highest BCUT2D eigenvalue weighted by Gasteiger charge is 2.24. The van der Waals surface area contributed by atoms with E-state index in [1.807, 2.05) is 23.6 Å². The number of likely N-dealkylation sites (tertiary alicyclic amines) is 1. The van der Waals surface area contributed by atoms with E-state index < -0.39 is 0 Å². The number of rotatable bonds is 10. The van der Waals surface area contributed by atoms with Gasteiger partial charge in [-0.15, -0.1) is 35.3 Å². The molecule has 166 valence electrons. The smallest absolute Gasteiger partial charge is 0.250 e. The average Bonchev–Trinajstić information content (AvgIpc) is 3.44. The zero-order chi connectivity index (χ0) is 20.3. The van der Waals surface area contributed by atoms with E-state index in [4.69, 9.17) is 4.99 Å². The molecule has 1 unspecified atom stereocenters. The Hall–Kier alpha value is -1.39. The molecule has 30 heavy (non-hydrogen) atoms. The van der Waals surface area contributed by atoms with Crippen molar-refractivity contribution >= 4 is 41.3 Å². The summed E-state index contributed by atoms with van der Waals surface area (Å²) in [6.07, 6.45) is 6.38. The molecule has 0 saturated carbocycles. The fourth-order valence-electron chi connectivity index (χ4n) is 3.70. The Kier molecular flexibility index (Phi) is 11.5. The fourth-order valence-corrected chi connectivity index (χ4v) is 4.55. The number of halogens is 1. The highest BCUT2D eigenvalue weighted by Crippen LogP contribution is 2.28. The van der Waals surface area contributed by atoms with Crippen molar-refractivity contribution in [3.63, 3.8) is 0 Å². The van der Waals surface area contributed by atoms with Crippen molar-refractivity contribution in [1.29, 1.82) is 0 Å². The van der Waals surface area contributed by atoms with E-state index in [0.717, 1.165) is 45.0 Å². The molecular formula is C22H34IN5OS. The zero-order valence-corrected chi connectivity index (χ0v) is 20.9. The second-order valence-electron chi connectivity index (χ2n) is 7.36. The largest absolute Gasteiger partial charge is 0.357 e. The lowest BCUT2D eigenvalue weighted by atomic mass is 10.2. The number of aromatic nitrogens is 1. The Morgan fingerprint density at radius 1 is 1.17 bits per heavy atom. The van der Waals surface area contributed by atoms with Gasteiger partial charge in [-0.05, 0) is 63.2 Å². The predicted molar refractivity (Wildman–Crippen MR) is 137 cm³/mol. The van der Waals surface area contributed by atoms with Crippen LogP contribution in [-0.4, -0.2) is 48.2 Å². The van der Waals surface area contributed by atoms with Gasteiger partial charge in [0.2, 0.25) is 5.56 Å². The molecule has 0 aromatic carbocycles. The summed E-state index contributed by atoms with van der Waals surface area (Å²) in [4.78, 5) is 20.6. The molecule has 2 aromatic rings. The Labute approximate surface area is 200 Å². The summed E-state index contributed by atoms with van der Waals surface area (Å²) in [6, 6.07) is 10.0. The third-order valence-corrected chi connectivity index (χ3v) is 6.21. The van der Waals surface area contributed by atoms with Gasteiger partial charge in [0.1, 0.15) is 0 Å². The minimum Gasteiger partial charge on any atom is -0.357 e. The zero-order valence-electron chi connectivity index (χ0n) is 17.8. The van der Waals surface area contributed by atoms with Gasteiger partial charge >= 0.3 is 0 Å². The Bertz CT molecular complexity index is 802. The maximum atomic E-state index is 11.7. The highest BCUT2D eigenvalue weighted by molar-refractivity contribution is 14.0. The van der Waals surface area contributed by atoms with Crippen LogP contribution in [0.25, 0.3) is 0 Å². The Balaban J connectivity index is 0.00000320. The highest BCUT2D eigenvalue weighted by atomic mass is 127. The second-order valence-corrected chi connectivity index (χ2v) is 8.34. The van der Waals surface area contributed by atoms with Gasteiger partial charge in [-0.1, -0.05) is 12.1 Å². The number of hydrogen-bond donors (Lipinski definition) is 2. The standard InChI is InChI=1S/C22H33N5OS.HI/c1-2-23-22(24-12-4-6-16-27-15-5-3-11-21(27)28)25-18-19(20-10-9-17-29-20)26-13-7-8-14-26;/h3,5,9-11,15,17,19H,2,4,6-8,12-14,16,18H2,1H3,(H2,23,24,25);1H. The number of thiophene rings is 1. The molecule has 1 fully saturated rings. The van der Waals surface area contributed by atoms with Crippen LogP contribution in [-0.2, 0) is 6.54 Å². The minimum absolute atomic E-state index is 0. The quantitative estimate of drug-likeness (QED) is 0.208. The summed E-state index contributed by atoms with van der Waals surface area (Å²) in [6.45, 7) is 7.65. The van der Waals surface area contributed by atoms with Crippen LogP contribution in [0.5, 0.6) is 0 Å². The number of aliphatic imine (C=N–C) groups is 1. The molecule has 3 rings (SSSR count). The molecule has 0 radical (unpaired) electrons. The van der Waals surface area contributed by atoms with E-state index in [2.05, 4.69) is 40.0 Å². The number of nitrogens with one attached hydrogen (secondary N) is 2. The number of hydrogen-bond acceptors (Lipinski definition) is 4. The molecule has 0 spiro atoms. The molecule has 0 bridgehead atoms. The number of nitrogens with zero attached hydrogens (tertiary/aromatic N) is 3. The maximum Gasteiger partial charge on any atom is 0.250 e. The van der Waals surface area contributed by atoms with Gasteiger partial charge in [0.15, 0.2) is 5.96 Å². The number of unbranched alkanes of at least 4 members (excludes halogenated alkanes) is 1. The van der Waals surface area contributed by atoms with Crippen LogP contribution in [0, 0.1) is 0 Å². The number of pyridine rings is 1. The first-order chi connectivity index (χ1) is 14.3. The molecule has 0 aliphatic carbocycles. The first-order valence-corrected chi connectivity index (χ1v) is 11.6. The summed E-state index contributed by atoms with van der Waals surface area (Å²) in [5.74, 6) is 0.880. The Morgan fingerprint density at radius 2 is 2.00 bits per heavy atom. The maximum absolute atomic E-state index is 11.7. The van der Waals surface area contributed by atoms with Gasteiger partial charge in [-0.25, -0.2) is 0 Å². The molecule has 3 heterocycles. The van der Waals surface area contributed by atoms with E-state index in [1.165, 1.54) is 30.8 Å².